The van der Waals surface area contributed by atoms with E-state index in [1.165, 1.54) is 10.7 Å². The van der Waals surface area contributed by atoms with Crippen LogP contribution in [0, 0.1) is 13.8 Å². The molecule has 3 rings (SSSR count). The number of amides is 2. The average Bonchev–Trinajstić information content (AvgIpc) is 2.96. The number of rotatable bonds is 5. The molecule has 0 unspecified atom stereocenters. The van der Waals surface area contributed by atoms with Gasteiger partial charge >= 0.3 is 6.03 Å². The number of carbonyl (C=O) groups excluding carboxylic acids is 1. The zero-order valence-corrected chi connectivity index (χ0v) is 15.2. The van der Waals surface area contributed by atoms with Gasteiger partial charge in [-0.3, -0.25) is 15.1 Å². The summed E-state index contributed by atoms with van der Waals surface area (Å²) in [6, 6.07) is 9.72. The molecule has 2 amide bonds. The molecular weight excluding hydrogens is 348 g/mol. The average molecular weight is 368 g/mol. The van der Waals surface area contributed by atoms with E-state index in [2.05, 4.69) is 25.7 Å². The number of aromatic nitrogens is 4. The van der Waals surface area contributed by atoms with Crippen LogP contribution < -0.4 is 20.9 Å². The summed E-state index contributed by atoms with van der Waals surface area (Å²) in [6.45, 7) is 5.84. The van der Waals surface area contributed by atoms with Crippen LogP contribution in [0.4, 0.5) is 16.3 Å². The third-order valence-electron chi connectivity index (χ3n) is 3.57. The number of para-hydroxylation sites is 2. The van der Waals surface area contributed by atoms with Crippen LogP contribution in [0.15, 0.2) is 41.2 Å². The van der Waals surface area contributed by atoms with Crippen LogP contribution >= 0.6 is 0 Å². The van der Waals surface area contributed by atoms with Crippen LogP contribution in [-0.2, 0) is 0 Å². The molecule has 140 valence electrons. The molecule has 0 spiro atoms. The molecule has 2 heterocycles. The maximum absolute atomic E-state index is 12.5. The van der Waals surface area contributed by atoms with E-state index in [-0.39, 0.29) is 11.5 Å². The molecule has 0 saturated carbocycles. The van der Waals surface area contributed by atoms with Crippen LogP contribution in [0.2, 0.25) is 0 Å². The van der Waals surface area contributed by atoms with Gasteiger partial charge in [-0.25, -0.2) is 9.78 Å². The normalized spacial score (nSPS) is 10.5. The smallest absolute Gasteiger partial charge is 0.324 e. The van der Waals surface area contributed by atoms with Crippen molar-refractivity contribution in [3.05, 3.63) is 58.1 Å². The lowest BCUT2D eigenvalue weighted by atomic mass is 10.3. The number of nitrogens with one attached hydrogen (secondary N) is 3. The van der Waals surface area contributed by atoms with Crippen molar-refractivity contribution in [1.82, 2.24) is 19.7 Å². The Hall–Kier alpha value is -3.62. The number of benzene rings is 1. The van der Waals surface area contributed by atoms with Crippen molar-refractivity contribution in [3.63, 3.8) is 0 Å². The molecule has 0 atom stereocenters. The van der Waals surface area contributed by atoms with Gasteiger partial charge in [-0.1, -0.05) is 12.1 Å². The second kappa shape index (κ2) is 7.73. The van der Waals surface area contributed by atoms with E-state index < -0.39 is 6.03 Å². The number of nitrogens with zero attached hydrogens (tertiary/aromatic N) is 3. The Kier molecular flexibility index (Phi) is 5.20. The minimum Gasteiger partial charge on any atom is -0.492 e. The summed E-state index contributed by atoms with van der Waals surface area (Å²) < 4.78 is 6.87. The van der Waals surface area contributed by atoms with Gasteiger partial charge in [-0.05, 0) is 32.9 Å². The van der Waals surface area contributed by atoms with Crippen molar-refractivity contribution in [2.45, 2.75) is 20.8 Å². The summed E-state index contributed by atoms with van der Waals surface area (Å²) in [5, 5.41) is 9.75. The molecule has 3 aromatic rings. The van der Waals surface area contributed by atoms with Crippen LogP contribution in [-0.4, -0.2) is 32.4 Å². The summed E-state index contributed by atoms with van der Waals surface area (Å²) in [5.74, 6) is 1.16. The number of aryl methyl sites for hydroxylation is 2. The molecular formula is C18H20N6O3. The first kappa shape index (κ1) is 18.2. The molecule has 0 aliphatic rings. The molecule has 1 aromatic carbocycles. The zero-order chi connectivity index (χ0) is 19.4. The van der Waals surface area contributed by atoms with Gasteiger partial charge < -0.3 is 10.1 Å². The fourth-order valence-corrected chi connectivity index (χ4v) is 2.53. The lowest BCUT2D eigenvalue weighted by molar-refractivity contribution is 0.261. The maximum atomic E-state index is 12.5. The number of H-pyrrole nitrogens is 1. The molecule has 3 N–H and O–H groups in total. The number of ether oxygens (including phenoxy) is 1. The van der Waals surface area contributed by atoms with Crippen molar-refractivity contribution in [1.29, 1.82) is 0 Å². The van der Waals surface area contributed by atoms with Crippen molar-refractivity contribution in [3.8, 4) is 11.7 Å². The van der Waals surface area contributed by atoms with E-state index in [1.807, 2.05) is 13.0 Å². The van der Waals surface area contributed by atoms with Gasteiger partial charge in [0.1, 0.15) is 11.6 Å². The van der Waals surface area contributed by atoms with Crippen LogP contribution in [0.25, 0.3) is 5.95 Å². The molecule has 0 aliphatic heterocycles. The Bertz CT molecular complexity index is 1020. The highest BCUT2D eigenvalue weighted by Gasteiger charge is 2.14. The molecule has 0 aliphatic carbocycles. The van der Waals surface area contributed by atoms with Crippen LogP contribution in [0.1, 0.15) is 18.3 Å². The minimum absolute atomic E-state index is 0.220. The van der Waals surface area contributed by atoms with E-state index in [4.69, 9.17) is 4.74 Å². The fourth-order valence-electron chi connectivity index (χ4n) is 2.53. The number of anilines is 2. The molecule has 0 radical (unpaired) electrons. The quantitative estimate of drug-likeness (QED) is 0.640. The number of urea groups is 1. The highest BCUT2D eigenvalue weighted by atomic mass is 16.5. The first-order valence-electron chi connectivity index (χ1n) is 8.41. The SMILES string of the molecule is CCOc1ccccc1NC(=O)Nc1cc(C)nn1-c1nc(C)cc(=O)[nH]1. The molecule has 0 bridgehead atoms. The third kappa shape index (κ3) is 4.32. The summed E-state index contributed by atoms with van der Waals surface area (Å²) in [5.41, 5.74) is 1.44. The largest absolute Gasteiger partial charge is 0.492 e. The monoisotopic (exact) mass is 368 g/mol. The summed E-state index contributed by atoms with van der Waals surface area (Å²) in [7, 11) is 0. The first-order chi connectivity index (χ1) is 13.0. The Balaban J connectivity index is 1.84. The molecule has 9 heteroatoms. The molecule has 0 fully saturated rings. The molecule has 2 aromatic heterocycles. The van der Waals surface area contributed by atoms with Crippen molar-refractivity contribution < 1.29 is 9.53 Å². The van der Waals surface area contributed by atoms with Gasteiger partial charge in [0.25, 0.3) is 5.56 Å². The second-order valence-corrected chi connectivity index (χ2v) is 5.80. The summed E-state index contributed by atoms with van der Waals surface area (Å²) in [4.78, 5) is 31.0. The number of carbonyl (C=O) groups is 1. The van der Waals surface area contributed by atoms with E-state index in [0.717, 1.165) is 0 Å². The van der Waals surface area contributed by atoms with Gasteiger partial charge in [0.2, 0.25) is 5.95 Å². The highest BCUT2D eigenvalue weighted by molar-refractivity contribution is 6.00. The Morgan fingerprint density at radius 3 is 2.70 bits per heavy atom. The van der Waals surface area contributed by atoms with Crippen LogP contribution in [0.5, 0.6) is 5.75 Å². The molecule has 27 heavy (non-hydrogen) atoms. The number of hydrogen-bond donors (Lipinski definition) is 3. The Morgan fingerprint density at radius 2 is 1.96 bits per heavy atom. The zero-order valence-electron chi connectivity index (χ0n) is 15.2. The summed E-state index contributed by atoms with van der Waals surface area (Å²) in [6.07, 6.45) is 0. The number of hydrogen-bond acceptors (Lipinski definition) is 5. The van der Waals surface area contributed by atoms with Gasteiger partial charge in [0, 0.05) is 17.8 Å². The standard InChI is InChI=1S/C18H20N6O3/c1-4-27-14-8-6-5-7-13(14)20-18(26)21-15-9-12(3)23-24(15)17-19-11(2)10-16(25)22-17/h5-10H,4H2,1-3H3,(H,19,22,25)(H2,20,21,26). The second-order valence-electron chi connectivity index (χ2n) is 5.80. The van der Waals surface area contributed by atoms with E-state index in [9.17, 15) is 9.59 Å². The topological polar surface area (TPSA) is 114 Å². The van der Waals surface area contributed by atoms with Crippen molar-refractivity contribution in [2.24, 2.45) is 0 Å². The van der Waals surface area contributed by atoms with Gasteiger partial charge in [0.15, 0.2) is 0 Å². The highest BCUT2D eigenvalue weighted by Crippen LogP contribution is 2.24. The van der Waals surface area contributed by atoms with Crippen molar-refractivity contribution >= 4 is 17.5 Å². The van der Waals surface area contributed by atoms with E-state index in [1.54, 1.807) is 38.1 Å². The Labute approximate surface area is 155 Å². The predicted octanol–water partition coefficient (Wildman–Crippen LogP) is 2.62. The lowest BCUT2D eigenvalue weighted by Crippen LogP contribution is -2.23. The van der Waals surface area contributed by atoms with Gasteiger partial charge in [-0.15, -0.1) is 0 Å². The predicted molar refractivity (Wildman–Crippen MR) is 102 cm³/mol. The van der Waals surface area contributed by atoms with Crippen LogP contribution in [0.3, 0.4) is 0 Å². The molecule has 0 saturated heterocycles. The van der Waals surface area contributed by atoms with E-state index >= 15 is 0 Å². The maximum Gasteiger partial charge on any atom is 0.324 e. The van der Waals surface area contributed by atoms with Crippen molar-refractivity contribution in [2.75, 3.05) is 17.2 Å². The Morgan fingerprint density at radius 1 is 1.19 bits per heavy atom. The summed E-state index contributed by atoms with van der Waals surface area (Å²) >= 11 is 0. The molecule has 9 nitrogen and oxygen atoms in total. The van der Waals surface area contributed by atoms with Gasteiger partial charge in [-0.2, -0.15) is 9.78 Å². The van der Waals surface area contributed by atoms with Gasteiger partial charge in [0.05, 0.1) is 18.0 Å². The lowest BCUT2D eigenvalue weighted by Gasteiger charge is -2.12. The fraction of sp³-hybridized carbons (Fsp3) is 0.222. The minimum atomic E-state index is -0.474. The number of aromatic amines is 1. The first-order valence-corrected chi connectivity index (χ1v) is 8.41. The van der Waals surface area contributed by atoms with E-state index in [0.29, 0.717) is 35.2 Å². The third-order valence-corrected chi connectivity index (χ3v) is 3.57.